The van der Waals surface area contributed by atoms with Crippen LogP contribution in [0.3, 0.4) is 0 Å². The molecule has 2 fully saturated rings. The number of piperidine rings is 1. The van der Waals surface area contributed by atoms with Gasteiger partial charge >= 0.3 is 0 Å². The van der Waals surface area contributed by atoms with Crippen LogP contribution in [-0.4, -0.2) is 37.7 Å². The van der Waals surface area contributed by atoms with E-state index in [9.17, 15) is 4.79 Å². The third-order valence-electron chi connectivity index (χ3n) is 4.23. The van der Waals surface area contributed by atoms with Gasteiger partial charge in [0.25, 0.3) is 0 Å². The highest BCUT2D eigenvalue weighted by Gasteiger charge is 2.23. The van der Waals surface area contributed by atoms with E-state index in [0.29, 0.717) is 12.0 Å². The number of amides is 1. The first-order valence-corrected chi connectivity index (χ1v) is 7.37. The van der Waals surface area contributed by atoms with Gasteiger partial charge in [-0.2, -0.15) is 0 Å². The van der Waals surface area contributed by atoms with Crippen LogP contribution in [0, 0.1) is 5.92 Å². The van der Waals surface area contributed by atoms with E-state index in [0.717, 1.165) is 25.9 Å². The molecule has 1 amide bonds. The van der Waals surface area contributed by atoms with E-state index >= 15 is 0 Å². The Hall–Kier alpha value is -0.610. The minimum atomic E-state index is 0.0490. The van der Waals surface area contributed by atoms with Crippen LogP contribution in [0.4, 0.5) is 0 Å². The molecule has 0 radical (unpaired) electrons. The second kappa shape index (κ2) is 7.10. The van der Waals surface area contributed by atoms with Gasteiger partial charge in [-0.15, -0.1) is 0 Å². The third kappa shape index (κ3) is 4.25. The maximum atomic E-state index is 11.8. The van der Waals surface area contributed by atoms with Crippen molar-refractivity contribution in [3.63, 3.8) is 0 Å². The van der Waals surface area contributed by atoms with E-state index in [1.165, 1.54) is 25.7 Å². The lowest BCUT2D eigenvalue weighted by Crippen LogP contribution is -2.41. The highest BCUT2D eigenvalue weighted by molar-refractivity contribution is 5.77. The Balaban J connectivity index is 1.61. The van der Waals surface area contributed by atoms with Gasteiger partial charge in [0.15, 0.2) is 0 Å². The van der Waals surface area contributed by atoms with Crippen molar-refractivity contribution in [2.75, 3.05) is 19.7 Å². The molecule has 2 N–H and O–H groups in total. The summed E-state index contributed by atoms with van der Waals surface area (Å²) in [5.41, 5.74) is 0. The quantitative estimate of drug-likeness (QED) is 0.781. The Labute approximate surface area is 110 Å². The summed E-state index contributed by atoms with van der Waals surface area (Å²) >= 11 is 0. The van der Waals surface area contributed by atoms with Crippen LogP contribution >= 0.6 is 0 Å². The van der Waals surface area contributed by atoms with Crippen molar-refractivity contribution in [3.8, 4) is 0 Å². The summed E-state index contributed by atoms with van der Waals surface area (Å²) in [7, 11) is 0. The molecule has 0 aromatic rings. The summed E-state index contributed by atoms with van der Waals surface area (Å²) in [5, 5.41) is 6.37. The Morgan fingerprint density at radius 1 is 1.28 bits per heavy atom. The van der Waals surface area contributed by atoms with Crippen LogP contribution in [0.15, 0.2) is 0 Å². The van der Waals surface area contributed by atoms with E-state index < -0.39 is 0 Å². The molecule has 4 heteroatoms. The minimum Gasteiger partial charge on any atom is -0.368 e. The second-order valence-corrected chi connectivity index (χ2v) is 5.66. The van der Waals surface area contributed by atoms with E-state index in [-0.39, 0.29) is 18.6 Å². The van der Waals surface area contributed by atoms with Gasteiger partial charge < -0.3 is 15.4 Å². The predicted molar refractivity (Wildman–Crippen MR) is 71.4 cm³/mol. The van der Waals surface area contributed by atoms with Gasteiger partial charge in [0.2, 0.25) is 5.91 Å². The smallest absolute Gasteiger partial charge is 0.246 e. The minimum absolute atomic E-state index is 0.0490. The molecule has 1 aliphatic carbocycles. The highest BCUT2D eigenvalue weighted by Crippen LogP contribution is 2.27. The topological polar surface area (TPSA) is 50.4 Å². The fourth-order valence-corrected chi connectivity index (χ4v) is 3.03. The van der Waals surface area contributed by atoms with Crippen LogP contribution in [0.1, 0.15) is 45.4 Å². The van der Waals surface area contributed by atoms with Crippen molar-refractivity contribution >= 4 is 5.91 Å². The fourth-order valence-electron chi connectivity index (χ4n) is 3.03. The van der Waals surface area contributed by atoms with Crippen LogP contribution in [0.25, 0.3) is 0 Å². The van der Waals surface area contributed by atoms with Crippen LogP contribution < -0.4 is 10.6 Å². The number of rotatable bonds is 5. The van der Waals surface area contributed by atoms with Crippen LogP contribution in [0.2, 0.25) is 0 Å². The molecule has 0 aromatic heterocycles. The summed E-state index contributed by atoms with van der Waals surface area (Å²) in [5.74, 6) is 0.723. The van der Waals surface area contributed by atoms with Gasteiger partial charge in [-0.05, 0) is 51.6 Å². The monoisotopic (exact) mass is 254 g/mol. The van der Waals surface area contributed by atoms with Crippen molar-refractivity contribution in [2.24, 2.45) is 5.92 Å². The predicted octanol–water partition coefficient (Wildman–Crippen LogP) is 1.45. The van der Waals surface area contributed by atoms with Crippen molar-refractivity contribution < 1.29 is 9.53 Å². The highest BCUT2D eigenvalue weighted by atomic mass is 16.5. The summed E-state index contributed by atoms with van der Waals surface area (Å²) in [6, 6.07) is 0.302. The van der Waals surface area contributed by atoms with Gasteiger partial charge in [-0.1, -0.05) is 12.8 Å². The molecule has 0 aromatic carbocycles. The van der Waals surface area contributed by atoms with Gasteiger partial charge in [-0.3, -0.25) is 4.79 Å². The average molecular weight is 254 g/mol. The number of carbonyl (C=O) groups excluding carboxylic acids is 1. The zero-order chi connectivity index (χ0) is 12.8. The van der Waals surface area contributed by atoms with Gasteiger partial charge in [0, 0.05) is 6.04 Å². The maximum Gasteiger partial charge on any atom is 0.246 e. The molecule has 1 aliphatic heterocycles. The number of nitrogens with one attached hydrogen (secondary N) is 2. The molecule has 2 rings (SSSR count). The molecule has 0 spiro atoms. The van der Waals surface area contributed by atoms with Crippen molar-refractivity contribution in [2.45, 2.75) is 57.6 Å². The van der Waals surface area contributed by atoms with Crippen molar-refractivity contribution in [3.05, 3.63) is 0 Å². The van der Waals surface area contributed by atoms with Crippen molar-refractivity contribution in [1.29, 1.82) is 0 Å². The molecule has 4 nitrogen and oxygen atoms in total. The lowest BCUT2D eigenvalue weighted by molar-refractivity contribution is -0.129. The number of hydrogen-bond donors (Lipinski definition) is 2. The van der Waals surface area contributed by atoms with Gasteiger partial charge in [0.1, 0.15) is 6.61 Å². The lowest BCUT2D eigenvalue weighted by atomic mass is 10.00. The summed E-state index contributed by atoms with van der Waals surface area (Å²) in [4.78, 5) is 11.8. The molecule has 0 unspecified atom stereocenters. The van der Waals surface area contributed by atoms with Gasteiger partial charge in [-0.25, -0.2) is 0 Å². The Bertz CT molecular complexity index is 259. The van der Waals surface area contributed by atoms with Gasteiger partial charge in [0.05, 0.1) is 6.10 Å². The zero-order valence-electron chi connectivity index (χ0n) is 11.4. The molecule has 104 valence electrons. The molecule has 1 saturated heterocycles. The normalized spacial score (nSPS) is 24.1. The fraction of sp³-hybridized carbons (Fsp3) is 0.929. The zero-order valence-corrected chi connectivity index (χ0v) is 11.4. The Morgan fingerprint density at radius 3 is 2.61 bits per heavy atom. The number of carbonyl (C=O) groups is 1. The lowest BCUT2D eigenvalue weighted by Gasteiger charge is -2.24. The first-order valence-electron chi connectivity index (χ1n) is 7.37. The van der Waals surface area contributed by atoms with E-state index in [1.807, 2.05) is 0 Å². The molecule has 2 aliphatic rings. The Morgan fingerprint density at radius 2 is 1.94 bits per heavy atom. The standard InChI is InChI=1S/C14H26N2O2/c1-11(12-4-2-3-5-12)16-14(17)10-18-13-6-8-15-9-7-13/h11-13,15H,2-10H2,1H3,(H,16,17)/t11-/m0/s1. The molecule has 1 saturated carbocycles. The maximum absolute atomic E-state index is 11.8. The van der Waals surface area contributed by atoms with Crippen LogP contribution in [-0.2, 0) is 9.53 Å². The first-order chi connectivity index (χ1) is 8.75. The van der Waals surface area contributed by atoms with Crippen molar-refractivity contribution in [1.82, 2.24) is 10.6 Å². The SMILES string of the molecule is C[C@H](NC(=O)COC1CCNCC1)C1CCCC1. The molecular formula is C14H26N2O2. The number of hydrogen-bond acceptors (Lipinski definition) is 3. The molecule has 1 atom stereocenters. The molecule has 1 heterocycles. The van der Waals surface area contributed by atoms with E-state index in [4.69, 9.17) is 4.74 Å². The third-order valence-corrected chi connectivity index (χ3v) is 4.23. The number of ether oxygens (including phenoxy) is 1. The van der Waals surface area contributed by atoms with E-state index in [2.05, 4.69) is 17.6 Å². The summed E-state index contributed by atoms with van der Waals surface area (Å²) in [6.45, 7) is 4.36. The largest absolute Gasteiger partial charge is 0.368 e. The molecular weight excluding hydrogens is 228 g/mol. The first kappa shape index (κ1) is 13.8. The average Bonchev–Trinajstić information content (AvgIpc) is 2.91. The van der Waals surface area contributed by atoms with E-state index in [1.54, 1.807) is 0 Å². The van der Waals surface area contributed by atoms with Crippen LogP contribution in [0.5, 0.6) is 0 Å². The molecule has 18 heavy (non-hydrogen) atoms. The summed E-state index contributed by atoms with van der Waals surface area (Å²) in [6.07, 6.45) is 7.45. The second-order valence-electron chi connectivity index (χ2n) is 5.66. The Kier molecular flexibility index (Phi) is 5.45. The molecule has 0 bridgehead atoms. The summed E-state index contributed by atoms with van der Waals surface area (Å²) < 4.78 is 5.66.